The van der Waals surface area contributed by atoms with Crippen molar-refractivity contribution >= 4 is 23.1 Å². The van der Waals surface area contributed by atoms with Gasteiger partial charge in [-0.1, -0.05) is 6.07 Å². The molecule has 0 N–H and O–H groups in total. The van der Waals surface area contributed by atoms with Crippen LogP contribution in [0.3, 0.4) is 0 Å². The first-order valence-corrected chi connectivity index (χ1v) is 9.99. The molecule has 4 rings (SSSR count). The smallest absolute Gasteiger partial charge is 0.321 e. The van der Waals surface area contributed by atoms with Crippen LogP contribution in [0.1, 0.15) is 11.4 Å². The highest BCUT2D eigenvalue weighted by Gasteiger charge is 2.06. The van der Waals surface area contributed by atoms with Crippen LogP contribution in [-0.4, -0.2) is 19.9 Å². The molecule has 1 aromatic carbocycles. The molecule has 134 valence electrons. The average Bonchev–Trinajstić information content (AvgIpc) is 3.18. The van der Waals surface area contributed by atoms with E-state index in [1.807, 2.05) is 61.7 Å². The number of nitrogens with zero attached hydrogens (tertiary/aromatic N) is 4. The quantitative estimate of drug-likeness (QED) is 0.415. The molecule has 5 nitrogen and oxygen atoms in total. The van der Waals surface area contributed by atoms with Crippen molar-refractivity contribution in [2.45, 2.75) is 23.9 Å². The molecule has 0 aliphatic carbocycles. The number of rotatable bonds is 5. The first-order chi connectivity index (χ1) is 13.2. The third kappa shape index (κ3) is 4.50. The molecule has 0 aliphatic rings. The van der Waals surface area contributed by atoms with Gasteiger partial charge < -0.3 is 4.74 Å². The van der Waals surface area contributed by atoms with Crippen molar-refractivity contribution in [2.24, 2.45) is 0 Å². The van der Waals surface area contributed by atoms with Gasteiger partial charge in [-0.3, -0.25) is 0 Å². The van der Waals surface area contributed by atoms with E-state index in [1.165, 1.54) is 11.8 Å². The SMILES string of the molecule is Cc1cc(C)nc(Sc2ccc(Oc3ncc(-c4cccs4)cn3)cc2)n1. The van der Waals surface area contributed by atoms with E-state index < -0.39 is 0 Å². The second kappa shape index (κ2) is 7.85. The van der Waals surface area contributed by atoms with Crippen molar-refractivity contribution in [1.29, 1.82) is 0 Å². The molecule has 0 amide bonds. The molecule has 4 aromatic rings. The molecule has 0 fully saturated rings. The first-order valence-electron chi connectivity index (χ1n) is 8.30. The Hall–Kier alpha value is -2.77. The van der Waals surface area contributed by atoms with Gasteiger partial charge in [-0.15, -0.1) is 11.3 Å². The lowest BCUT2D eigenvalue weighted by Gasteiger charge is -2.06. The van der Waals surface area contributed by atoms with E-state index >= 15 is 0 Å². The van der Waals surface area contributed by atoms with E-state index in [9.17, 15) is 0 Å². The third-order valence-electron chi connectivity index (χ3n) is 3.64. The Morgan fingerprint density at radius 1 is 0.926 bits per heavy atom. The summed E-state index contributed by atoms with van der Waals surface area (Å²) < 4.78 is 5.73. The number of hydrogen-bond acceptors (Lipinski definition) is 7. The van der Waals surface area contributed by atoms with Crippen LogP contribution in [0.15, 0.2) is 70.3 Å². The zero-order valence-corrected chi connectivity index (χ0v) is 16.4. The van der Waals surface area contributed by atoms with Crippen LogP contribution in [-0.2, 0) is 0 Å². The van der Waals surface area contributed by atoms with Crippen LogP contribution in [0.25, 0.3) is 10.4 Å². The lowest BCUT2D eigenvalue weighted by atomic mass is 10.3. The molecular weight excluding hydrogens is 376 g/mol. The fourth-order valence-electron chi connectivity index (χ4n) is 2.46. The highest BCUT2D eigenvalue weighted by Crippen LogP contribution is 2.28. The van der Waals surface area contributed by atoms with Gasteiger partial charge in [-0.2, -0.15) is 0 Å². The normalized spacial score (nSPS) is 10.7. The molecule has 0 saturated heterocycles. The van der Waals surface area contributed by atoms with Gasteiger partial charge in [-0.25, -0.2) is 19.9 Å². The summed E-state index contributed by atoms with van der Waals surface area (Å²) >= 11 is 3.18. The lowest BCUT2D eigenvalue weighted by Crippen LogP contribution is -1.93. The third-order valence-corrected chi connectivity index (χ3v) is 5.43. The molecule has 27 heavy (non-hydrogen) atoms. The summed E-state index contributed by atoms with van der Waals surface area (Å²) in [5, 5.41) is 2.77. The van der Waals surface area contributed by atoms with Crippen molar-refractivity contribution in [2.75, 3.05) is 0 Å². The summed E-state index contributed by atoms with van der Waals surface area (Å²) in [6.45, 7) is 3.94. The maximum Gasteiger partial charge on any atom is 0.321 e. The molecule has 3 heterocycles. The Kier molecular flexibility index (Phi) is 5.13. The van der Waals surface area contributed by atoms with Gasteiger partial charge in [0.25, 0.3) is 0 Å². The predicted molar refractivity (Wildman–Crippen MR) is 107 cm³/mol. The minimum Gasteiger partial charge on any atom is -0.424 e. The fraction of sp³-hybridized carbons (Fsp3) is 0.100. The van der Waals surface area contributed by atoms with Gasteiger partial charge in [0.05, 0.1) is 0 Å². The molecular formula is C20H16N4OS2. The van der Waals surface area contributed by atoms with Gasteiger partial charge in [0.1, 0.15) is 5.75 Å². The van der Waals surface area contributed by atoms with E-state index in [0.717, 1.165) is 31.9 Å². The second-order valence-corrected chi connectivity index (χ2v) is 7.83. The van der Waals surface area contributed by atoms with Crippen LogP contribution >= 0.6 is 23.1 Å². The van der Waals surface area contributed by atoms with Crippen LogP contribution < -0.4 is 4.74 Å². The highest BCUT2D eigenvalue weighted by molar-refractivity contribution is 7.99. The van der Waals surface area contributed by atoms with E-state index in [4.69, 9.17) is 4.74 Å². The van der Waals surface area contributed by atoms with E-state index in [-0.39, 0.29) is 0 Å². The van der Waals surface area contributed by atoms with Gasteiger partial charge in [0.15, 0.2) is 5.16 Å². The van der Waals surface area contributed by atoms with E-state index in [0.29, 0.717) is 11.8 Å². The zero-order valence-electron chi connectivity index (χ0n) is 14.8. The number of benzene rings is 1. The molecule has 0 bridgehead atoms. The van der Waals surface area contributed by atoms with E-state index in [2.05, 4.69) is 19.9 Å². The zero-order chi connectivity index (χ0) is 18.6. The summed E-state index contributed by atoms with van der Waals surface area (Å²) in [6, 6.07) is 14.1. The minimum absolute atomic E-state index is 0.327. The Morgan fingerprint density at radius 3 is 2.26 bits per heavy atom. The van der Waals surface area contributed by atoms with Crippen LogP contribution in [0, 0.1) is 13.8 Å². The lowest BCUT2D eigenvalue weighted by molar-refractivity contribution is 0.441. The summed E-state index contributed by atoms with van der Waals surface area (Å²) in [6.07, 6.45) is 3.55. The monoisotopic (exact) mass is 392 g/mol. The van der Waals surface area contributed by atoms with Gasteiger partial charge >= 0.3 is 6.01 Å². The molecule has 0 spiro atoms. The van der Waals surface area contributed by atoms with Gasteiger partial charge in [-0.05, 0) is 67.4 Å². The minimum atomic E-state index is 0.327. The topological polar surface area (TPSA) is 60.8 Å². The fourth-order valence-corrected chi connectivity index (χ4v) is 4.03. The molecule has 0 atom stereocenters. The summed E-state index contributed by atoms with van der Waals surface area (Å²) in [5.41, 5.74) is 2.92. The van der Waals surface area contributed by atoms with Crippen molar-refractivity contribution in [3.8, 4) is 22.2 Å². The van der Waals surface area contributed by atoms with Crippen LogP contribution in [0.5, 0.6) is 11.8 Å². The maximum atomic E-state index is 5.73. The summed E-state index contributed by atoms with van der Waals surface area (Å²) in [5.74, 6) is 0.685. The highest BCUT2D eigenvalue weighted by atomic mass is 32.2. The van der Waals surface area contributed by atoms with Crippen molar-refractivity contribution in [3.05, 3.63) is 71.6 Å². The second-order valence-electron chi connectivity index (χ2n) is 5.84. The summed E-state index contributed by atoms with van der Waals surface area (Å²) in [7, 11) is 0. The van der Waals surface area contributed by atoms with Gasteiger partial charge in [0.2, 0.25) is 0 Å². The first kappa shape index (κ1) is 17.6. The predicted octanol–water partition coefficient (Wildman–Crippen LogP) is 5.56. The summed E-state index contributed by atoms with van der Waals surface area (Å²) in [4.78, 5) is 19.7. The Bertz CT molecular complexity index is 1010. The Labute approximate surface area is 165 Å². The van der Waals surface area contributed by atoms with Crippen molar-refractivity contribution < 1.29 is 4.74 Å². The number of aryl methyl sites for hydroxylation is 2. The Balaban J connectivity index is 1.43. The maximum absolute atomic E-state index is 5.73. The molecule has 7 heteroatoms. The number of aromatic nitrogens is 4. The van der Waals surface area contributed by atoms with E-state index in [1.54, 1.807) is 23.7 Å². The van der Waals surface area contributed by atoms with Crippen molar-refractivity contribution in [3.63, 3.8) is 0 Å². The number of ether oxygens (including phenoxy) is 1. The standard InChI is InChI=1S/C20H16N4OS2/c1-13-10-14(2)24-20(23-13)27-17-7-5-16(6-8-17)25-19-21-11-15(12-22-19)18-4-3-9-26-18/h3-12H,1-2H3. The molecule has 3 aromatic heterocycles. The average molecular weight is 393 g/mol. The van der Waals surface area contributed by atoms with Crippen LogP contribution in [0.4, 0.5) is 0 Å². The Morgan fingerprint density at radius 2 is 1.63 bits per heavy atom. The molecule has 0 radical (unpaired) electrons. The molecule has 0 aliphatic heterocycles. The number of hydrogen-bond donors (Lipinski definition) is 0. The molecule has 0 saturated carbocycles. The van der Waals surface area contributed by atoms with Crippen molar-refractivity contribution in [1.82, 2.24) is 19.9 Å². The van der Waals surface area contributed by atoms with Crippen LogP contribution in [0.2, 0.25) is 0 Å². The molecule has 0 unspecified atom stereocenters. The largest absolute Gasteiger partial charge is 0.424 e. The number of thiophene rings is 1. The van der Waals surface area contributed by atoms with Gasteiger partial charge in [0, 0.05) is 39.1 Å².